The summed E-state index contributed by atoms with van der Waals surface area (Å²) in [6.07, 6.45) is 1.43. The molecular weight excluding hydrogens is 291 g/mol. The zero-order valence-corrected chi connectivity index (χ0v) is 12.0. The summed E-state index contributed by atoms with van der Waals surface area (Å²) in [4.78, 5) is 12.0. The largest absolute Gasteiger partial charge is 0.481 e. The van der Waals surface area contributed by atoms with E-state index in [1.54, 1.807) is 12.1 Å². The van der Waals surface area contributed by atoms with Crippen LogP contribution in [0.3, 0.4) is 0 Å². The molecule has 0 amide bonds. The van der Waals surface area contributed by atoms with Gasteiger partial charge >= 0.3 is 5.97 Å². The van der Waals surface area contributed by atoms with Crippen LogP contribution in [-0.4, -0.2) is 11.1 Å². The number of carboxylic acid groups (broad SMARTS) is 1. The van der Waals surface area contributed by atoms with Gasteiger partial charge < -0.3 is 5.11 Å². The highest BCUT2D eigenvalue weighted by molar-refractivity contribution is 6.31. The number of hydrogen-bond donors (Lipinski definition) is 1. The van der Waals surface area contributed by atoms with Crippen molar-refractivity contribution in [3.8, 4) is 0 Å². The van der Waals surface area contributed by atoms with E-state index in [9.17, 15) is 14.3 Å². The second-order valence-electron chi connectivity index (χ2n) is 5.43. The zero-order valence-electron chi connectivity index (χ0n) is 11.3. The number of fused-ring (bicyclic) bond motifs is 1. The summed E-state index contributed by atoms with van der Waals surface area (Å²) in [5, 5.41) is 9.81. The van der Waals surface area contributed by atoms with E-state index in [-0.39, 0.29) is 11.4 Å². The Morgan fingerprint density at radius 3 is 2.76 bits per heavy atom. The molecule has 2 aromatic rings. The van der Waals surface area contributed by atoms with Crippen molar-refractivity contribution in [2.24, 2.45) is 0 Å². The standard InChI is InChI=1S/C17H14ClFO2/c18-15-12(5-3-7-14(15)19)10-17(16(20)21)9-8-11-4-1-2-6-13(11)17/h1-7H,8-10H2,(H,20,21). The molecular formula is C17H14ClFO2. The number of rotatable bonds is 3. The fourth-order valence-electron chi connectivity index (χ4n) is 3.18. The smallest absolute Gasteiger partial charge is 0.314 e. The Kier molecular flexibility index (Phi) is 3.46. The summed E-state index contributed by atoms with van der Waals surface area (Å²) < 4.78 is 13.6. The molecule has 0 saturated carbocycles. The molecule has 1 aliphatic rings. The van der Waals surface area contributed by atoms with Crippen molar-refractivity contribution in [1.29, 1.82) is 0 Å². The number of halogens is 2. The second-order valence-corrected chi connectivity index (χ2v) is 5.81. The van der Waals surface area contributed by atoms with Crippen LogP contribution in [0.2, 0.25) is 5.02 Å². The van der Waals surface area contributed by atoms with Gasteiger partial charge in [-0.05, 0) is 42.0 Å². The monoisotopic (exact) mass is 304 g/mol. The predicted molar refractivity (Wildman–Crippen MR) is 79.2 cm³/mol. The van der Waals surface area contributed by atoms with E-state index < -0.39 is 17.2 Å². The van der Waals surface area contributed by atoms with Gasteiger partial charge in [0.15, 0.2) is 0 Å². The van der Waals surface area contributed by atoms with Gasteiger partial charge in [0.2, 0.25) is 0 Å². The fraction of sp³-hybridized carbons (Fsp3) is 0.235. The number of aryl methyl sites for hydroxylation is 1. The lowest BCUT2D eigenvalue weighted by atomic mass is 9.76. The van der Waals surface area contributed by atoms with Crippen LogP contribution >= 0.6 is 11.6 Å². The molecule has 2 aromatic carbocycles. The van der Waals surface area contributed by atoms with Crippen LogP contribution in [0.25, 0.3) is 0 Å². The Hall–Kier alpha value is -1.87. The van der Waals surface area contributed by atoms with Gasteiger partial charge in [-0.15, -0.1) is 0 Å². The van der Waals surface area contributed by atoms with Gasteiger partial charge in [0.05, 0.1) is 10.4 Å². The number of hydrogen-bond acceptors (Lipinski definition) is 1. The van der Waals surface area contributed by atoms with Gasteiger partial charge in [-0.2, -0.15) is 0 Å². The summed E-state index contributed by atoms with van der Waals surface area (Å²) in [5.41, 5.74) is 1.38. The molecule has 1 aliphatic carbocycles. The Balaban J connectivity index is 2.09. The maximum atomic E-state index is 13.6. The average Bonchev–Trinajstić information content (AvgIpc) is 2.84. The molecule has 0 saturated heterocycles. The molecule has 1 N–H and O–H groups in total. The summed E-state index contributed by atoms with van der Waals surface area (Å²) >= 11 is 6.00. The molecule has 0 bridgehead atoms. The summed E-state index contributed by atoms with van der Waals surface area (Å²) in [6, 6.07) is 12.1. The first-order valence-corrected chi connectivity index (χ1v) is 7.17. The Labute approximate surface area is 127 Å². The van der Waals surface area contributed by atoms with Crippen LogP contribution in [0.1, 0.15) is 23.1 Å². The minimum absolute atomic E-state index is 0.0162. The first-order valence-electron chi connectivity index (χ1n) is 6.79. The lowest BCUT2D eigenvalue weighted by Gasteiger charge is -2.26. The molecule has 0 spiro atoms. The van der Waals surface area contributed by atoms with Crippen LogP contribution in [0.4, 0.5) is 4.39 Å². The topological polar surface area (TPSA) is 37.3 Å². The van der Waals surface area contributed by atoms with Crippen LogP contribution in [0.15, 0.2) is 42.5 Å². The minimum Gasteiger partial charge on any atom is -0.481 e. The first-order chi connectivity index (χ1) is 10.0. The molecule has 0 aliphatic heterocycles. The van der Waals surface area contributed by atoms with E-state index in [4.69, 9.17) is 11.6 Å². The number of benzene rings is 2. The molecule has 4 heteroatoms. The normalized spacial score (nSPS) is 20.3. The van der Waals surface area contributed by atoms with E-state index in [2.05, 4.69) is 0 Å². The number of aliphatic carboxylic acids is 1. The third-order valence-corrected chi connectivity index (χ3v) is 4.71. The molecule has 0 heterocycles. The van der Waals surface area contributed by atoms with Crippen molar-refractivity contribution in [2.75, 3.05) is 0 Å². The molecule has 0 radical (unpaired) electrons. The van der Waals surface area contributed by atoms with Gasteiger partial charge in [0, 0.05) is 0 Å². The molecule has 21 heavy (non-hydrogen) atoms. The Morgan fingerprint density at radius 2 is 2.00 bits per heavy atom. The third-order valence-electron chi connectivity index (χ3n) is 4.29. The van der Waals surface area contributed by atoms with E-state index in [0.29, 0.717) is 12.0 Å². The van der Waals surface area contributed by atoms with Crippen molar-refractivity contribution in [3.05, 3.63) is 70.0 Å². The number of carbonyl (C=O) groups is 1. The lowest BCUT2D eigenvalue weighted by Crippen LogP contribution is -2.36. The highest BCUT2D eigenvalue weighted by atomic mass is 35.5. The minimum atomic E-state index is -1.02. The lowest BCUT2D eigenvalue weighted by molar-refractivity contribution is -0.143. The van der Waals surface area contributed by atoms with Crippen LogP contribution in [0.5, 0.6) is 0 Å². The van der Waals surface area contributed by atoms with Crippen molar-refractivity contribution >= 4 is 17.6 Å². The molecule has 1 unspecified atom stereocenters. The quantitative estimate of drug-likeness (QED) is 0.931. The average molecular weight is 305 g/mol. The van der Waals surface area contributed by atoms with Crippen molar-refractivity contribution in [1.82, 2.24) is 0 Å². The Bertz CT molecular complexity index is 714. The van der Waals surface area contributed by atoms with Gasteiger partial charge in [0.1, 0.15) is 5.82 Å². The maximum Gasteiger partial charge on any atom is 0.314 e. The van der Waals surface area contributed by atoms with Gasteiger partial charge in [-0.25, -0.2) is 4.39 Å². The van der Waals surface area contributed by atoms with Crippen molar-refractivity contribution in [3.63, 3.8) is 0 Å². The summed E-state index contributed by atoms with van der Waals surface area (Å²) in [7, 11) is 0. The van der Waals surface area contributed by atoms with E-state index in [1.807, 2.05) is 24.3 Å². The van der Waals surface area contributed by atoms with Crippen LogP contribution < -0.4 is 0 Å². The summed E-state index contributed by atoms with van der Waals surface area (Å²) in [6.45, 7) is 0. The van der Waals surface area contributed by atoms with Crippen molar-refractivity contribution < 1.29 is 14.3 Å². The highest BCUT2D eigenvalue weighted by Gasteiger charge is 2.45. The fourth-order valence-corrected chi connectivity index (χ4v) is 3.37. The van der Waals surface area contributed by atoms with Gasteiger partial charge in [0.25, 0.3) is 0 Å². The van der Waals surface area contributed by atoms with E-state index >= 15 is 0 Å². The maximum absolute atomic E-state index is 13.6. The molecule has 1 atom stereocenters. The Morgan fingerprint density at radius 1 is 1.24 bits per heavy atom. The van der Waals surface area contributed by atoms with Crippen molar-refractivity contribution in [2.45, 2.75) is 24.7 Å². The molecule has 108 valence electrons. The van der Waals surface area contributed by atoms with E-state index in [0.717, 1.165) is 17.5 Å². The second kappa shape index (κ2) is 5.15. The third kappa shape index (κ3) is 2.22. The SMILES string of the molecule is O=C(O)C1(Cc2cccc(F)c2Cl)CCc2ccccc21. The molecule has 0 aromatic heterocycles. The predicted octanol–water partition coefficient (Wildman–Crippen LogP) is 3.99. The molecule has 2 nitrogen and oxygen atoms in total. The first kappa shape index (κ1) is 14.1. The van der Waals surface area contributed by atoms with Crippen LogP contribution in [-0.2, 0) is 23.1 Å². The summed E-state index contributed by atoms with van der Waals surface area (Å²) in [5.74, 6) is -1.39. The highest BCUT2D eigenvalue weighted by Crippen LogP contribution is 2.42. The van der Waals surface area contributed by atoms with Crippen LogP contribution in [0, 0.1) is 5.82 Å². The molecule has 0 fully saturated rings. The number of carboxylic acids is 1. The van der Waals surface area contributed by atoms with Gasteiger partial charge in [-0.3, -0.25) is 4.79 Å². The van der Waals surface area contributed by atoms with Gasteiger partial charge in [-0.1, -0.05) is 48.0 Å². The molecule has 3 rings (SSSR count). The zero-order chi connectivity index (χ0) is 15.0. The van der Waals surface area contributed by atoms with E-state index in [1.165, 1.54) is 6.07 Å².